The van der Waals surface area contributed by atoms with E-state index in [2.05, 4.69) is 15.5 Å². The standard InChI is InChI=1S/C15H12ClN3O2S/c1-9(17-14(20)12-6-3-7-22-12)15-18-13(19-21-15)10-4-2-5-11(16)8-10/h2-9H,1H3,(H,17,20)/t9-/m0/s1. The van der Waals surface area contributed by atoms with Crippen LogP contribution in [0.2, 0.25) is 5.02 Å². The van der Waals surface area contributed by atoms with Gasteiger partial charge in [-0.2, -0.15) is 4.98 Å². The van der Waals surface area contributed by atoms with Crippen molar-refractivity contribution >= 4 is 28.8 Å². The molecule has 0 saturated heterocycles. The molecule has 22 heavy (non-hydrogen) atoms. The Kier molecular flexibility index (Phi) is 4.22. The zero-order valence-electron chi connectivity index (χ0n) is 11.6. The molecule has 0 aliphatic rings. The van der Waals surface area contributed by atoms with Crippen molar-refractivity contribution in [1.29, 1.82) is 0 Å². The van der Waals surface area contributed by atoms with Crippen LogP contribution in [0.25, 0.3) is 11.4 Å². The summed E-state index contributed by atoms with van der Waals surface area (Å²) in [4.78, 5) is 17.0. The SMILES string of the molecule is C[C@H](NC(=O)c1cccs1)c1nc(-c2cccc(Cl)c2)no1. The fourth-order valence-corrected chi connectivity index (χ4v) is 2.71. The van der Waals surface area contributed by atoms with Gasteiger partial charge < -0.3 is 9.84 Å². The van der Waals surface area contributed by atoms with Crippen LogP contribution >= 0.6 is 22.9 Å². The molecule has 0 aliphatic carbocycles. The van der Waals surface area contributed by atoms with Crippen LogP contribution in [0, 0.1) is 0 Å². The fraction of sp³-hybridized carbons (Fsp3) is 0.133. The van der Waals surface area contributed by atoms with Gasteiger partial charge >= 0.3 is 0 Å². The first-order valence-electron chi connectivity index (χ1n) is 6.57. The van der Waals surface area contributed by atoms with Crippen molar-refractivity contribution in [2.45, 2.75) is 13.0 Å². The smallest absolute Gasteiger partial charge is 0.261 e. The molecular formula is C15H12ClN3O2S. The van der Waals surface area contributed by atoms with Crippen molar-refractivity contribution in [2.24, 2.45) is 0 Å². The lowest BCUT2D eigenvalue weighted by Crippen LogP contribution is -2.26. The third kappa shape index (κ3) is 3.18. The van der Waals surface area contributed by atoms with Crippen molar-refractivity contribution in [3.8, 4) is 11.4 Å². The second-order valence-electron chi connectivity index (χ2n) is 4.64. The number of rotatable bonds is 4. The van der Waals surface area contributed by atoms with Gasteiger partial charge in [-0.05, 0) is 30.5 Å². The van der Waals surface area contributed by atoms with Crippen LogP contribution in [0.1, 0.15) is 28.5 Å². The number of aromatic nitrogens is 2. The first kappa shape index (κ1) is 14.7. The molecule has 7 heteroatoms. The minimum Gasteiger partial charge on any atom is -0.340 e. The van der Waals surface area contributed by atoms with Crippen LogP contribution in [-0.2, 0) is 0 Å². The Morgan fingerprint density at radius 2 is 2.23 bits per heavy atom. The van der Waals surface area contributed by atoms with Gasteiger partial charge in [0.2, 0.25) is 11.7 Å². The number of benzene rings is 1. The molecule has 0 radical (unpaired) electrons. The molecule has 0 fully saturated rings. The van der Waals surface area contributed by atoms with Gasteiger partial charge in [0.05, 0.1) is 4.88 Å². The topological polar surface area (TPSA) is 68.0 Å². The summed E-state index contributed by atoms with van der Waals surface area (Å²) in [5.74, 6) is 0.625. The number of nitrogens with zero attached hydrogens (tertiary/aromatic N) is 2. The Morgan fingerprint density at radius 1 is 1.36 bits per heavy atom. The van der Waals surface area contributed by atoms with Crippen LogP contribution in [0.3, 0.4) is 0 Å². The van der Waals surface area contributed by atoms with E-state index in [1.165, 1.54) is 11.3 Å². The Morgan fingerprint density at radius 3 is 2.95 bits per heavy atom. The van der Waals surface area contributed by atoms with Gasteiger partial charge in [-0.25, -0.2) is 0 Å². The number of nitrogens with one attached hydrogen (secondary N) is 1. The van der Waals surface area contributed by atoms with Gasteiger partial charge in [0.25, 0.3) is 5.91 Å². The molecule has 0 aliphatic heterocycles. The number of carbonyl (C=O) groups is 1. The summed E-state index contributed by atoms with van der Waals surface area (Å²) in [7, 11) is 0. The molecular weight excluding hydrogens is 322 g/mol. The molecule has 3 rings (SSSR count). The average Bonchev–Trinajstić information content (AvgIpc) is 3.19. The lowest BCUT2D eigenvalue weighted by Gasteiger charge is -2.07. The number of amides is 1. The van der Waals surface area contributed by atoms with E-state index in [0.29, 0.717) is 21.6 Å². The van der Waals surface area contributed by atoms with Crippen LogP contribution in [0.4, 0.5) is 0 Å². The van der Waals surface area contributed by atoms with E-state index in [4.69, 9.17) is 16.1 Å². The zero-order chi connectivity index (χ0) is 15.5. The highest BCUT2D eigenvalue weighted by Crippen LogP contribution is 2.22. The van der Waals surface area contributed by atoms with Crippen LogP contribution in [-0.4, -0.2) is 16.0 Å². The number of halogens is 1. The van der Waals surface area contributed by atoms with E-state index in [9.17, 15) is 4.79 Å². The molecule has 5 nitrogen and oxygen atoms in total. The predicted molar refractivity (Wildman–Crippen MR) is 84.9 cm³/mol. The lowest BCUT2D eigenvalue weighted by atomic mass is 10.2. The van der Waals surface area contributed by atoms with Gasteiger partial charge in [-0.3, -0.25) is 4.79 Å². The van der Waals surface area contributed by atoms with Crippen LogP contribution in [0.5, 0.6) is 0 Å². The molecule has 1 amide bonds. The third-order valence-corrected chi connectivity index (χ3v) is 4.09. The van der Waals surface area contributed by atoms with Gasteiger partial charge in [-0.15, -0.1) is 11.3 Å². The molecule has 0 bridgehead atoms. The van der Waals surface area contributed by atoms with Crippen molar-refractivity contribution in [3.63, 3.8) is 0 Å². The summed E-state index contributed by atoms with van der Waals surface area (Å²) in [6.07, 6.45) is 0. The number of hydrogen-bond donors (Lipinski definition) is 1. The van der Waals surface area contributed by atoms with E-state index < -0.39 is 0 Å². The Balaban J connectivity index is 1.74. The van der Waals surface area contributed by atoms with E-state index in [-0.39, 0.29) is 11.9 Å². The second kappa shape index (κ2) is 6.29. The molecule has 0 spiro atoms. The van der Waals surface area contributed by atoms with E-state index in [0.717, 1.165) is 5.56 Å². The predicted octanol–water partition coefficient (Wildman–Crippen LogP) is 3.94. The largest absolute Gasteiger partial charge is 0.340 e. The van der Waals surface area contributed by atoms with E-state index >= 15 is 0 Å². The Hall–Kier alpha value is -2.18. The van der Waals surface area contributed by atoms with Crippen molar-refractivity contribution in [2.75, 3.05) is 0 Å². The highest BCUT2D eigenvalue weighted by Gasteiger charge is 2.18. The highest BCUT2D eigenvalue weighted by atomic mass is 35.5. The van der Waals surface area contributed by atoms with Gasteiger partial charge in [0.15, 0.2) is 0 Å². The van der Waals surface area contributed by atoms with Crippen molar-refractivity contribution in [1.82, 2.24) is 15.5 Å². The minimum absolute atomic E-state index is 0.162. The maximum absolute atomic E-state index is 12.0. The fourth-order valence-electron chi connectivity index (χ4n) is 1.89. The van der Waals surface area contributed by atoms with Gasteiger partial charge in [0.1, 0.15) is 6.04 Å². The summed E-state index contributed by atoms with van der Waals surface area (Å²) in [5.41, 5.74) is 0.763. The molecule has 3 aromatic rings. The van der Waals surface area contributed by atoms with Gasteiger partial charge in [-0.1, -0.05) is 35.0 Å². The summed E-state index contributed by atoms with van der Waals surface area (Å²) in [6.45, 7) is 1.79. The molecule has 2 heterocycles. The van der Waals surface area contributed by atoms with E-state index in [1.54, 1.807) is 25.1 Å². The molecule has 1 atom stereocenters. The van der Waals surface area contributed by atoms with Crippen molar-refractivity contribution < 1.29 is 9.32 Å². The second-order valence-corrected chi connectivity index (χ2v) is 6.02. The molecule has 112 valence electrons. The summed E-state index contributed by atoms with van der Waals surface area (Å²) in [5, 5.41) is 9.20. The molecule has 1 aromatic carbocycles. The van der Waals surface area contributed by atoms with Crippen LogP contribution in [0.15, 0.2) is 46.3 Å². The summed E-state index contributed by atoms with van der Waals surface area (Å²) in [6, 6.07) is 10.4. The first-order chi connectivity index (χ1) is 10.6. The van der Waals surface area contributed by atoms with Gasteiger partial charge in [0, 0.05) is 10.6 Å². The monoisotopic (exact) mass is 333 g/mol. The highest BCUT2D eigenvalue weighted by molar-refractivity contribution is 7.12. The number of carbonyl (C=O) groups excluding carboxylic acids is 1. The van der Waals surface area contributed by atoms with Crippen molar-refractivity contribution in [3.05, 3.63) is 57.6 Å². The normalized spacial score (nSPS) is 12.1. The molecule has 1 N–H and O–H groups in total. The van der Waals surface area contributed by atoms with E-state index in [1.807, 2.05) is 23.6 Å². The lowest BCUT2D eigenvalue weighted by molar-refractivity contribution is 0.0936. The molecule has 2 aromatic heterocycles. The average molecular weight is 334 g/mol. The maximum atomic E-state index is 12.0. The Bertz CT molecular complexity index is 786. The number of thiophene rings is 1. The first-order valence-corrected chi connectivity index (χ1v) is 7.83. The summed E-state index contributed by atoms with van der Waals surface area (Å²) < 4.78 is 5.22. The van der Waals surface area contributed by atoms with Crippen LogP contribution < -0.4 is 5.32 Å². The maximum Gasteiger partial charge on any atom is 0.261 e. The quantitative estimate of drug-likeness (QED) is 0.785. The Labute approximate surface area is 135 Å². The molecule has 0 saturated carbocycles. The summed E-state index contributed by atoms with van der Waals surface area (Å²) >= 11 is 7.33. The third-order valence-electron chi connectivity index (χ3n) is 2.99. The molecule has 0 unspecified atom stereocenters. The minimum atomic E-state index is -0.380. The number of hydrogen-bond acceptors (Lipinski definition) is 5. The zero-order valence-corrected chi connectivity index (χ0v) is 13.2.